The Morgan fingerprint density at radius 3 is 2.31 bits per heavy atom. The highest BCUT2D eigenvalue weighted by atomic mass is 19.1. The number of allylic oxidation sites excluding steroid dienone is 1. The van der Waals surface area contributed by atoms with Crippen LogP contribution in [-0.4, -0.2) is 121 Å². The number of morpholine rings is 1. The van der Waals surface area contributed by atoms with E-state index in [-0.39, 0.29) is 29.8 Å². The van der Waals surface area contributed by atoms with Crippen LogP contribution in [0.15, 0.2) is 90.5 Å². The minimum absolute atomic E-state index is 0.00323. The van der Waals surface area contributed by atoms with E-state index in [2.05, 4.69) is 46.1 Å². The van der Waals surface area contributed by atoms with Crippen LogP contribution in [0.1, 0.15) is 65.2 Å². The maximum Gasteiger partial charge on any atom is 0.253 e. The number of likely N-dealkylation sites (tertiary alicyclic amines) is 2. The molecule has 0 radical (unpaired) electrons. The number of amides is 3. The number of aromatic hydroxyl groups is 1. The minimum atomic E-state index is -1.26. The Labute approximate surface area is 363 Å². The number of halogens is 1. The van der Waals surface area contributed by atoms with Crippen LogP contribution < -0.4 is 27.4 Å². The molecule has 3 aliphatic heterocycles. The van der Waals surface area contributed by atoms with E-state index in [1.807, 2.05) is 48.0 Å². The molecule has 15 heteroatoms. The van der Waals surface area contributed by atoms with Crippen LogP contribution in [-0.2, 0) is 14.3 Å². The first-order valence-electron chi connectivity index (χ1n) is 21.4. The fourth-order valence-corrected chi connectivity index (χ4v) is 8.72. The number of hydrogen-bond donors (Lipinski definition) is 5. The van der Waals surface area contributed by atoms with E-state index in [1.54, 1.807) is 35.2 Å². The monoisotopic (exact) mass is 851 g/mol. The number of carbonyl (C=O) groups is 3. The summed E-state index contributed by atoms with van der Waals surface area (Å²) in [6.07, 6.45) is 7.20. The van der Waals surface area contributed by atoms with Gasteiger partial charge < -0.3 is 51.2 Å². The average molecular weight is 852 g/mol. The maximum atomic E-state index is 15.9. The van der Waals surface area contributed by atoms with E-state index < -0.39 is 5.67 Å². The molecule has 0 bridgehead atoms. The van der Waals surface area contributed by atoms with Crippen LogP contribution in [0.2, 0.25) is 0 Å². The molecule has 0 atom stereocenters. The summed E-state index contributed by atoms with van der Waals surface area (Å²) in [6.45, 7) is 10.3. The van der Waals surface area contributed by atoms with Crippen molar-refractivity contribution < 1.29 is 28.6 Å². The quantitative estimate of drug-likeness (QED) is 0.0978. The molecule has 14 nitrogen and oxygen atoms in total. The fourth-order valence-electron chi connectivity index (χ4n) is 8.72. The van der Waals surface area contributed by atoms with Crippen molar-refractivity contribution in [2.75, 3.05) is 77.5 Å². The summed E-state index contributed by atoms with van der Waals surface area (Å²) >= 11 is 0. The predicted octanol–water partition coefficient (Wildman–Crippen LogP) is 4.75. The molecule has 3 aliphatic rings. The first-order chi connectivity index (χ1) is 29.8. The molecule has 3 aromatic carbocycles. The van der Waals surface area contributed by atoms with E-state index >= 15 is 4.39 Å². The zero-order valence-corrected chi connectivity index (χ0v) is 36.2. The molecule has 3 saturated heterocycles. The highest BCUT2D eigenvalue weighted by Crippen LogP contribution is 2.35. The molecule has 0 aliphatic carbocycles. The lowest BCUT2D eigenvalue weighted by Gasteiger charge is -2.41. The zero-order valence-electron chi connectivity index (χ0n) is 36.2. The number of fused-ring (bicyclic) bond motifs is 1. The van der Waals surface area contributed by atoms with Crippen molar-refractivity contribution in [2.24, 2.45) is 17.2 Å². The van der Waals surface area contributed by atoms with Crippen molar-refractivity contribution in [3.63, 3.8) is 0 Å². The van der Waals surface area contributed by atoms with Crippen molar-refractivity contribution in [1.82, 2.24) is 24.6 Å². The van der Waals surface area contributed by atoms with Crippen molar-refractivity contribution in [1.29, 1.82) is 0 Å². The van der Waals surface area contributed by atoms with Crippen molar-refractivity contribution >= 4 is 40.5 Å². The Hall–Kier alpha value is -6.06. The second-order valence-electron chi connectivity index (χ2n) is 16.6. The molecular formula is C47H62FN9O5. The predicted molar refractivity (Wildman–Crippen MR) is 242 cm³/mol. The van der Waals surface area contributed by atoms with Crippen molar-refractivity contribution in [2.45, 2.75) is 57.7 Å². The second-order valence-corrected chi connectivity index (χ2v) is 16.6. The second kappa shape index (κ2) is 20.7. The van der Waals surface area contributed by atoms with E-state index in [1.165, 1.54) is 10.9 Å². The third kappa shape index (κ3) is 11.2. The molecule has 4 heterocycles. The van der Waals surface area contributed by atoms with Gasteiger partial charge in [-0.3, -0.25) is 19.7 Å². The smallest absolute Gasteiger partial charge is 0.253 e. The molecule has 0 unspecified atom stereocenters. The minimum Gasteiger partial charge on any atom is -0.507 e. The third-order valence-corrected chi connectivity index (χ3v) is 12.3. The molecule has 62 heavy (non-hydrogen) atoms. The number of ether oxygens (including phenoxy) is 1. The van der Waals surface area contributed by atoms with Gasteiger partial charge in [0.05, 0.1) is 18.9 Å². The number of phenols is 1. The molecule has 332 valence electrons. The number of para-hydroxylation sites is 1. The number of aromatic nitrogens is 1. The van der Waals surface area contributed by atoms with Crippen molar-refractivity contribution in [3.05, 3.63) is 113 Å². The molecule has 1 aromatic heterocycles. The number of nitrogens with one attached hydrogen (secondary N) is 1. The number of nitrogens with two attached hydrogens (primary N) is 3. The summed E-state index contributed by atoms with van der Waals surface area (Å²) < 4.78 is 23.6. The number of aryl methyl sites for hydroxylation is 2. The zero-order chi connectivity index (χ0) is 44.4. The van der Waals surface area contributed by atoms with Gasteiger partial charge in [0.2, 0.25) is 12.3 Å². The van der Waals surface area contributed by atoms with Crippen molar-refractivity contribution in [3.8, 4) is 5.75 Å². The summed E-state index contributed by atoms with van der Waals surface area (Å²) in [7, 11) is 1.96. The Balaban J connectivity index is 0.000000268. The number of carbonyl (C=O) groups excluding carboxylic acids is 3. The van der Waals surface area contributed by atoms with Gasteiger partial charge in [-0.05, 0) is 80.8 Å². The number of alkyl halides is 1. The Bertz CT molecular complexity index is 2250. The lowest BCUT2D eigenvalue weighted by atomic mass is 9.91. The van der Waals surface area contributed by atoms with Gasteiger partial charge in [-0.15, -0.1) is 0 Å². The van der Waals surface area contributed by atoms with Crippen LogP contribution in [0.4, 0.5) is 10.1 Å². The number of hydrogen-bond acceptors (Lipinski definition) is 11. The van der Waals surface area contributed by atoms with E-state index in [9.17, 15) is 19.5 Å². The largest absolute Gasteiger partial charge is 0.507 e. The maximum absolute atomic E-state index is 15.9. The summed E-state index contributed by atoms with van der Waals surface area (Å²) in [6, 6.07) is 21.2. The highest BCUT2D eigenvalue weighted by molar-refractivity contribution is 5.94. The molecule has 7 rings (SSSR count). The first-order valence-corrected chi connectivity index (χ1v) is 21.4. The van der Waals surface area contributed by atoms with E-state index in [0.29, 0.717) is 100 Å². The van der Waals surface area contributed by atoms with Gasteiger partial charge in [0.15, 0.2) is 0 Å². The van der Waals surface area contributed by atoms with Gasteiger partial charge in [0.25, 0.3) is 5.91 Å². The van der Waals surface area contributed by atoms with Gasteiger partial charge in [0, 0.05) is 124 Å². The topological polar surface area (TPSA) is 189 Å². The standard InChI is InChI=1S/C33H42FN5O3.C14H20N4O2/c1-24-5-4-6-26(21-24)32(42)38-19-13-33(34,14-20-38)22-37-16-9-27(10-17-37)39-18-11-28-25(2)29(7-8-30(28)39)36(3)15-12-31(41)35-23-40;15-11(10-3-1-2-4-13(10)19)9-12(14(16)17)18-5-7-20-8-6-18/h4-8,11,18,21,23,27H,9-10,12-17,19-20,22H2,1-3H3,(H,35,40,41);1-4,9,19H,5-8,15-17H2/b;11-9-. The highest BCUT2D eigenvalue weighted by Gasteiger charge is 2.38. The average Bonchev–Trinajstić information content (AvgIpc) is 3.71. The van der Waals surface area contributed by atoms with Crippen LogP contribution >= 0.6 is 0 Å². The Morgan fingerprint density at radius 1 is 0.935 bits per heavy atom. The third-order valence-electron chi connectivity index (χ3n) is 12.3. The number of phenolic OH excluding ortho intramolecular Hbond substituents is 1. The lowest BCUT2D eigenvalue weighted by Crippen LogP contribution is -2.51. The van der Waals surface area contributed by atoms with Gasteiger partial charge >= 0.3 is 0 Å². The molecule has 0 spiro atoms. The summed E-state index contributed by atoms with van der Waals surface area (Å²) in [4.78, 5) is 43.2. The van der Waals surface area contributed by atoms with Crippen LogP contribution in [0.5, 0.6) is 5.75 Å². The molecule has 4 aromatic rings. The molecule has 3 fully saturated rings. The number of benzene rings is 3. The van der Waals surface area contributed by atoms with Crippen LogP contribution in [0, 0.1) is 13.8 Å². The normalized spacial score (nSPS) is 17.2. The summed E-state index contributed by atoms with van der Waals surface area (Å²) in [5, 5.41) is 13.2. The molecule has 0 saturated carbocycles. The number of nitrogens with zero attached hydrogens (tertiary/aromatic N) is 5. The fraction of sp³-hybridized carbons (Fsp3) is 0.426. The number of anilines is 1. The summed E-state index contributed by atoms with van der Waals surface area (Å²) in [5.74, 6) is 0.0328. The van der Waals surface area contributed by atoms with Gasteiger partial charge in [0.1, 0.15) is 17.2 Å². The van der Waals surface area contributed by atoms with E-state index in [4.69, 9.17) is 21.9 Å². The lowest BCUT2D eigenvalue weighted by molar-refractivity contribution is -0.125. The van der Waals surface area contributed by atoms with Crippen LogP contribution in [0.25, 0.3) is 16.6 Å². The number of piperidine rings is 2. The van der Waals surface area contributed by atoms with Gasteiger partial charge in [-0.25, -0.2) is 4.39 Å². The Morgan fingerprint density at radius 2 is 1.65 bits per heavy atom. The van der Waals surface area contributed by atoms with Gasteiger partial charge in [-0.1, -0.05) is 29.8 Å². The number of imide groups is 1. The molecular weight excluding hydrogens is 790 g/mol. The Kier molecular flexibility index (Phi) is 15.2. The molecule has 3 amide bonds. The number of rotatable bonds is 12. The van der Waals surface area contributed by atoms with E-state index in [0.717, 1.165) is 42.7 Å². The molecule has 8 N–H and O–H groups in total. The SMILES string of the molecule is Cc1cccc(C(=O)N2CCC(F)(CN3CCC(n4ccc5c(C)c(N(C)CCC(=O)NC=O)ccc54)CC3)CC2)c1.NC(N)=C(/C=C(\N)c1ccccc1O)N1CCOCC1. The van der Waals surface area contributed by atoms with Gasteiger partial charge in [-0.2, -0.15) is 0 Å². The first kappa shape index (κ1) is 45.5. The van der Waals surface area contributed by atoms with Crippen LogP contribution in [0.3, 0.4) is 0 Å². The summed E-state index contributed by atoms with van der Waals surface area (Å²) in [5.41, 5.74) is 23.0.